The first-order valence-corrected chi connectivity index (χ1v) is 7.49. The highest BCUT2D eigenvalue weighted by molar-refractivity contribution is 5.95. The molecule has 0 aliphatic rings. The predicted molar refractivity (Wildman–Crippen MR) is 88.1 cm³/mol. The Bertz CT molecular complexity index is 853. The molecule has 1 aromatic heterocycles. The second-order valence-electron chi connectivity index (χ2n) is 6.56. The van der Waals surface area contributed by atoms with Gasteiger partial charge in [-0.3, -0.25) is 9.59 Å². The Balaban J connectivity index is 2.35. The number of hydrogen-bond acceptors (Lipinski definition) is 4. The third-order valence-electron chi connectivity index (χ3n) is 3.49. The van der Waals surface area contributed by atoms with Gasteiger partial charge in [-0.1, -0.05) is 20.8 Å². The van der Waals surface area contributed by atoms with Crippen molar-refractivity contribution >= 4 is 11.9 Å². The molecule has 0 saturated heterocycles. The maximum absolute atomic E-state index is 13.0. The standard InChI is InChI=1S/C17H18FN3O4/c1-17(2,3)14(16(24)25)19-15(23)12-8-9-13(22)21(20-12)11-6-4-10(18)5-7-11/h4-9,14H,1-3H3,(H,19,23)(H,24,25)/t14-/m1/s1. The lowest BCUT2D eigenvalue weighted by molar-refractivity contribution is -0.142. The van der Waals surface area contributed by atoms with Crippen LogP contribution in [0.5, 0.6) is 0 Å². The van der Waals surface area contributed by atoms with E-state index in [0.717, 1.165) is 22.9 Å². The summed E-state index contributed by atoms with van der Waals surface area (Å²) in [7, 11) is 0. The monoisotopic (exact) mass is 347 g/mol. The molecule has 8 heteroatoms. The van der Waals surface area contributed by atoms with Crippen molar-refractivity contribution in [2.45, 2.75) is 26.8 Å². The predicted octanol–water partition coefficient (Wildman–Crippen LogP) is 1.60. The molecule has 0 aliphatic heterocycles. The molecule has 1 aromatic carbocycles. The zero-order valence-electron chi connectivity index (χ0n) is 14.0. The second-order valence-corrected chi connectivity index (χ2v) is 6.56. The molecular weight excluding hydrogens is 329 g/mol. The van der Waals surface area contributed by atoms with E-state index < -0.39 is 34.7 Å². The highest BCUT2D eigenvalue weighted by atomic mass is 19.1. The minimum Gasteiger partial charge on any atom is -0.480 e. The molecule has 2 aromatic rings. The maximum Gasteiger partial charge on any atom is 0.326 e. The fraction of sp³-hybridized carbons (Fsp3) is 0.294. The fourth-order valence-corrected chi connectivity index (χ4v) is 2.15. The molecule has 1 amide bonds. The van der Waals surface area contributed by atoms with Crippen LogP contribution < -0.4 is 10.9 Å². The molecule has 7 nitrogen and oxygen atoms in total. The van der Waals surface area contributed by atoms with E-state index in [2.05, 4.69) is 10.4 Å². The number of hydrogen-bond donors (Lipinski definition) is 2. The highest BCUT2D eigenvalue weighted by Crippen LogP contribution is 2.19. The lowest BCUT2D eigenvalue weighted by Gasteiger charge is -2.27. The first kappa shape index (κ1) is 18.3. The average molecular weight is 347 g/mol. The van der Waals surface area contributed by atoms with Gasteiger partial charge in [0.25, 0.3) is 11.5 Å². The van der Waals surface area contributed by atoms with Gasteiger partial charge in [0.15, 0.2) is 0 Å². The Morgan fingerprint density at radius 3 is 2.28 bits per heavy atom. The van der Waals surface area contributed by atoms with Crippen LogP contribution in [0, 0.1) is 11.2 Å². The Morgan fingerprint density at radius 1 is 1.16 bits per heavy atom. The van der Waals surface area contributed by atoms with Crippen LogP contribution >= 0.6 is 0 Å². The minimum atomic E-state index is -1.17. The number of carbonyl (C=O) groups is 2. The molecule has 0 radical (unpaired) electrons. The van der Waals surface area contributed by atoms with E-state index >= 15 is 0 Å². The van der Waals surface area contributed by atoms with Gasteiger partial charge >= 0.3 is 5.97 Å². The number of carbonyl (C=O) groups excluding carboxylic acids is 1. The van der Waals surface area contributed by atoms with Crippen molar-refractivity contribution in [3.05, 3.63) is 58.3 Å². The van der Waals surface area contributed by atoms with Gasteiger partial charge in [0.1, 0.15) is 17.6 Å². The van der Waals surface area contributed by atoms with Crippen molar-refractivity contribution in [1.82, 2.24) is 15.1 Å². The molecule has 1 atom stereocenters. The van der Waals surface area contributed by atoms with Crippen LogP contribution in [0.2, 0.25) is 0 Å². The molecule has 0 spiro atoms. The molecule has 0 fully saturated rings. The zero-order chi connectivity index (χ0) is 18.8. The number of carboxylic acids is 1. The zero-order valence-corrected chi connectivity index (χ0v) is 14.0. The number of carboxylic acid groups (broad SMARTS) is 1. The Kier molecular flexibility index (Phi) is 5.01. The van der Waals surface area contributed by atoms with Gasteiger partial charge in [-0.15, -0.1) is 0 Å². The lowest BCUT2D eigenvalue weighted by Crippen LogP contribution is -2.49. The van der Waals surface area contributed by atoms with E-state index in [1.54, 1.807) is 20.8 Å². The van der Waals surface area contributed by atoms with Gasteiger partial charge in [-0.05, 0) is 35.7 Å². The van der Waals surface area contributed by atoms with Crippen molar-refractivity contribution in [3.63, 3.8) is 0 Å². The summed E-state index contributed by atoms with van der Waals surface area (Å²) < 4.78 is 14.0. The van der Waals surface area contributed by atoms with Crippen LogP contribution in [0.1, 0.15) is 31.3 Å². The van der Waals surface area contributed by atoms with Crippen LogP contribution in [0.25, 0.3) is 5.69 Å². The molecule has 0 unspecified atom stereocenters. The molecule has 2 rings (SSSR count). The first-order chi connectivity index (χ1) is 11.6. The molecule has 2 N–H and O–H groups in total. The second kappa shape index (κ2) is 6.84. The van der Waals surface area contributed by atoms with E-state index in [1.807, 2.05) is 0 Å². The normalized spacial score (nSPS) is 12.5. The van der Waals surface area contributed by atoms with Gasteiger partial charge in [0.05, 0.1) is 5.69 Å². The number of nitrogens with one attached hydrogen (secondary N) is 1. The molecule has 0 saturated carbocycles. The third kappa shape index (κ3) is 4.28. The molecule has 25 heavy (non-hydrogen) atoms. The number of aromatic nitrogens is 2. The van der Waals surface area contributed by atoms with Crippen molar-refractivity contribution in [2.75, 3.05) is 0 Å². The summed E-state index contributed by atoms with van der Waals surface area (Å²) >= 11 is 0. The van der Waals surface area contributed by atoms with Crippen LogP contribution in [-0.4, -0.2) is 32.8 Å². The topological polar surface area (TPSA) is 101 Å². The van der Waals surface area contributed by atoms with E-state index in [-0.39, 0.29) is 11.4 Å². The molecular formula is C17H18FN3O4. The molecule has 0 bridgehead atoms. The number of benzene rings is 1. The average Bonchev–Trinajstić information content (AvgIpc) is 2.52. The number of aliphatic carboxylic acids is 1. The summed E-state index contributed by atoms with van der Waals surface area (Å²) in [4.78, 5) is 35.7. The van der Waals surface area contributed by atoms with E-state index in [4.69, 9.17) is 0 Å². The Hall–Kier alpha value is -3.03. The van der Waals surface area contributed by atoms with Gasteiger partial charge in [0.2, 0.25) is 0 Å². The fourth-order valence-electron chi connectivity index (χ4n) is 2.15. The molecule has 0 aliphatic carbocycles. The van der Waals surface area contributed by atoms with Gasteiger partial charge in [0, 0.05) is 6.07 Å². The number of halogens is 1. The summed E-state index contributed by atoms with van der Waals surface area (Å²) in [6.07, 6.45) is 0. The quantitative estimate of drug-likeness (QED) is 0.875. The lowest BCUT2D eigenvalue weighted by atomic mass is 9.86. The summed E-state index contributed by atoms with van der Waals surface area (Å²) in [6, 6.07) is 6.23. The molecule has 1 heterocycles. The maximum atomic E-state index is 13.0. The van der Waals surface area contributed by atoms with Crippen LogP contribution in [0.3, 0.4) is 0 Å². The van der Waals surface area contributed by atoms with Gasteiger partial charge in [-0.2, -0.15) is 9.78 Å². The van der Waals surface area contributed by atoms with Crippen molar-refractivity contribution < 1.29 is 19.1 Å². The van der Waals surface area contributed by atoms with E-state index in [0.29, 0.717) is 0 Å². The Labute approximate surface area is 143 Å². The highest BCUT2D eigenvalue weighted by Gasteiger charge is 2.33. The van der Waals surface area contributed by atoms with Crippen LogP contribution in [0.4, 0.5) is 4.39 Å². The summed E-state index contributed by atoms with van der Waals surface area (Å²) in [5.74, 6) is -2.37. The third-order valence-corrected chi connectivity index (χ3v) is 3.49. The van der Waals surface area contributed by atoms with Gasteiger partial charge < -0.3 is 10.4 Å². The Morgan fingerprint density at radius 2 is 1.76 bits per heavy atom. The SMILES string of the molecule is CC(C)(C)[C@H](NC(=O)c1ccc(=O)n(-c2ccc(F)cc2)n1)C(=O)O. The first-order valence-electron chi connectivity index (χ1n) is 7.49. The summed E-state index contributed by atoms with van der Waals surface area (Å²) in [5, 5.41) is 15.6. The largest absolute Gasteiger partial charge is 0.480 e. The van der Waals surface area contributed by atoms with Crippen molar-refractivity contribution in [1.29, 1.82) is 0 Å². The van der Waals surface area contributed by atoms with E-state index in [9.17, 15) is 23.9 Å². The van der Waals surface area contributed by atoms with Crippen LogP contribution in [-0.2, 0) is 4.79 Å². The number of rotatable bonds is 4. The minimum absolute atomic E-state index is 0.126. The van der Waals surface area contributed by atoms with E-state index in [1.165, 1.54) is 18.2 Å². The summed E-state index contributed by atoms with van der Waals surface area (Å²) in [6.45, 7) is 5.04. The number of nitrogens with zero attached hydrogens (tertiary/aromatic N) is 2. The molecule has 132 valence electrons. The summed E-state index contributed by atoms with van der Waals surface area (Å²) in [5.41, 5.74) is -1.06. The van der Waals surface area contributed by atoms with Crippen molar-refractivity contribution in [3.8, 4) is 5.69 Å². The van der Waals surface area contributed by atoms with Crippen molar-refractivity contribution in [2.24, 2.45) is 5.41 Å². The number of amides is 1. The smallest absolute Gasteiger partial charge is 0.326 e. The van der Waals surface area contributed by atoms with Gasteiger partial charge in [-0.25, -0.2) is 9.18 Å². The van der Waals surface area contributed by atoms with Crippen LogP contribution in [0.15, 0.2) is 41.2 Å².